The van der Waals surface area contributed by atoms with E-state index < -0.39 is 0 Å². The van der Waals surface area contributed by atoms with E-state index in [0.29, 0.717) is 19.8 Å². The van der Waals surface area contributed by atoms with Crippen LogP contribution in [0.25, 0.3) is 0 Å². The van der Waals surface area contributed by atoms with Crippen molar-refractivity contribution in [1.29, 1.82) is 0 Å². The first-order valence-electron chi connectivity index (χ1n) is 7.99. The molecule has 2 atom stereocenters. The predicted octanol–water partition coefficient (Wildman–Crippen LogP) is 2.93. The van der Waals surface area contributed by atoms with Crippen molar-refractivity contribution in [2.45, 2.75) is 38.8 Å². The lowest BCUT2D eigenvalue weighted by Gasteiger charge is -2.23. The van der Waals surface area contributed by atoms with Gasteiger partial charge in [0.1, 0.15) is 5.75 Å². The van der Waals surface area contributed by atoms with Crippen LogP contribution in [-0.2, 0) is 9.47 Å². The van der Waals surface area contributed by atoms with Crippen LogP contribution in [0.3, 0.4) is 0 Å². The number of ether oxygens (including phenoxy) is 3. The van der Waals surface area contributed by atoms with Crippen LogP contribution >= 0.6 is 0 Å². The van der Waals surface area contributed by atoms with Crippen molar-refractivity contribution in [2.24, 2.45) is 0 Å². The molecule has 1 aliphatic rings. The third kappa shape index (κ3) is 4.99. The van der Waals surface area contributed by atoms with Crippen LogP contribution in [0.1, 0.15) is 38.3 Å². The van der Waals surface area contributed by atoms with Gasteiger partial charge in [0.15, 0.2) is 0 Å². The monoisotopic (exact) mass is 293 g/mol. The van der Waals surface area contributed by atoms with Gasteiger partial charge in [-0.25, -0.2) is 0 Å². The molecular weight excluding hydrogens is 266 g/mol. The van der Waals surface area contributed by atoms with Gasteiger partial charge in [0.05, 0.1) is 32.0 Å². The average molecular weight is 293 g/mol. The topological polar surface area (TPSA) is 39.7 Å². The summed E-state index contributed by atoms with van der Waals surface area (Å²) in [5.74, 6) is 0.944. The molecule has 0 radical (unpaired) electrons. The molecule has 0 aliphatic carbocycles. The van der Waals surface area contributed by atoms with Gasteiger partial charge in [-0.15, -0.1) is 0 Å². The number of rotatable bonds is 9. The number of para-hydroxylation sites is 1. The first-order valence-corrected chi connectivity index (χ1v) is 7.99. The summed E-state index contributed by atoms with van der Waals surface area (Å²) in [6.07, 6.45) is 2.32. The van der Waals surface area contributed by atoms with Gasteiger partial charge in [0.2, 0.25) is 0 Å². The molecule has 1 aliphatic heterocycles. The fourth-order valence-corrected chi connectivity index (χ4v) is 2.51. The van der Waals surface area contributed by atoms with E-state index in [1.54, 1.807) is 0 Å². The van der Waals surface area contributed by atoms with E-state index in [2.05, 4.69) is 24.4 Å². The van der Waals surface area contributed by atoms with Gasteiger partial charge in [-0.1, -0.05) is 25.1 Å². The van der Waals surface area contributed by atoms with Gasteiger partial charge in [0, 0.05) is 12.2 Å². The molecule has 1 heterocycles. The van der Waals surface area contributed by atoms with Gasteiger partial charge in [-0.3, -0.25) is 0 Å². The maximum absolute atomic E-state index is 6.01. The van der Waals surface area contributed by atoms with Crippen molar-refractivity contribution in [1.82, 2.24) is 5.32 Å². The lowest BCUT2D eigenvalue weighted by atomic mass is 10.1. The lowest BCUT2D eigenvalue weighted by Crippen LogP contribution is -2.29. The summed E-state index contributed by atoms with van der Waals surface area (Å²) < 4.78 is 17.1. The Labute approximate surface area is 127 Å². The summed E-state index contributed by atoms with van der Waals surface area (Å²) in [5, 5.41) is 3.56. The minimum atomic E-state index is 0.160. The average Bonchev–Trinajstić information content (AvgIpc) is 3.02. The minimum absolute atomic E-state index is 0.160. The van der Waals surface area contributed by atoms with Crippen LogP contribution in [-0.4, -0.2) is 39.1 Å². The number of nitrogens with one attached hydrogen (secondary N) is 1. The Kier molecular flexibility index (Phi) is 7.00. The fourth-order valence-electron chi connectivity index (χ4n) is 2.51. The van der Waals surface area contributed by atoms with Gasteiger partial charge < -0.3 is 19.5 Å². The van der Waals surface area contributed by atoms with E-state index in [-0.39, 0.29) is 12.1 Å². The zero-order valence-corrected chi connectivity index (χ0v) is 13.1. The van der Waals surface area contributed by atoms with Crippen LogP contribution in [0.2, 0.25) is 0 Å². The summed E-state index contributed by atoms with van der Waals surface area (Å²) in [6.45, 7) is 8.01. The SMILES string of the molecule is CCCNC(COC1CCOC1)c1ccccc1OCC. The van der Waals surface area contributed by atoms with Crippen LogP contribution in [0.5, 0.6) is 5.75 Å². The van der Waals surface area contributed by atoms with E-state index in [9.17, 15) is 0 Å². The van der Waals surface area contributed by atoms with Gasteiger partial charge in [-0.2, -0.15) is 0 Å². The Morgan fingerprint density at radius 2 is 2.19 bits per heavy atom. The third-order valence-corrected chi connectivity index (χ3v) is 3.62. The molecule has 0 bridgehead atoms. The second-order valence-corrected chi connectivity index (χ2v) is 5.30. The largest absolute Gasteiger partial charge is 0.494 e. The van der Waals surface area contributed by atoms with Crippen LogP contribution in [0.4, 0.5) is 0 Å². The molecule has 1 aromatic rings. The molecule has 1 aromatic carbocycles. The highest BCUT2D eigenvalue weighted by Gasteiger charge is 2.20. The zero-order chi connectivity index (χ0) is 14.9. The summed E-state index contributed by atoms with van der Waals surface area (Å²) in [4.78, 5) is 0. The van der Waals surface area contributed by atoms with E-state index >= 15 is 0 Å². The van der Waals surface area contributed by atoms with Gasteiger partial charge in [-0.05, 0) is 32.4 Å². The molecule has 118 valence electrons. The van der Waals surface area contributed by atoms with Crippen LogP contribution in [0, 0.1) is 0 Å². The number of hydrogen-bond donors (Lipinski definition) is 1. The first kappa shape index (κ1) is 16.3. The Morgan fingerprint density at radius 1 is 1.33 bits per heavy atom. The lowest BCUT2D eigenvalue weighted by molar-refractivity contribution is 0.0294. The quantitative estimate of drug-likeness (QED) is 0.760. The van der Waals surface area contributed by atoms with Gasteiger partial charge >= 0.3 is 0 Å². The molecule has 0 aromatic heterocycles. The van der Waals surface area contributed by atoms with E-state index in [1.807, 2.05) is 19.1 Å². The van der Waals surface area contributed by atoms with Crippen molar-refractivity contribution >= 4 is 0 Å². The summed E-state index contributed by atoms with van der Waals surface area (Å²) >= 11 is 0. The molecule has 1 fully saturated rings. The molecule has 4 nitrogen and oxygen atoms in total. The molecule has 2 unspecified atom stereocenters. The molecular formula is C17H27NO3. The van der Waals surface area contributed by atoms with Crippen molar-refractivity contribution in [3.8, 4) is 5.75 Å². The molecule has 4 heteroatoms. The Hall–Kier alpha value is -1.10. The highest BCUT2D eigenvalue weighted by Crippen LogP contribution is 2.26. The smallest absolute Gasteiger partial charge is 0.124 e. The Bertz CT molecular complexity index is 405. The molecule has 1 N–H and O–H groups in total. The maximum atomic E-state index is 6.01. The predicted molar refractivity (Wildman–Crippen MR) is 83.8 cm³/mol. The Morgan fingerprint density at radius 3 is 2.90 bits per heavy atom. The Balaban J connectivity index is 2.02. The number of hydrogen-bond acceptors (Lipinski definition) is 4. The number of benzene rings is 1. The van der Waals surface area contributed by atoms with E-state index in [0.717, 1.165) is 31.7 Å². The molecule has 0 saturated carbocycles. The second kappa shape index (κ2) is 9.03. The summed E-state index contributed by atoms with van der Waals surface area (Å²) in [7, 11) is 0. The fraction of sp³-hybridized carbons (Fsp3) is 0.647. The molecule has 0 spiro atoms. The minimum Gasteiger partial charge on any atom is -0.494 e. The van der Waals surface area contributed by atoms with E-state index in [1.165, 1.54) is 5.56 Å². The summed E-state index contributed by atoms with van der Waals surface area (Å²) in [6, 6.07) is 8.37. The van der Waals surface area contributed by atoms with E-state index in [4.69, 9.17) is 14.2 Å². The van der Waals surface area contributed by atoms with Crippen molar-refractivity contribution in [3.05, 3.63) is 29.8 Å². The molecule has 21 heavy (non-hydrogen) atoms. The zero-order valence-electron chi connectivity index (χ0n) is 13.1. The first-order chi connectivity index (χ1) is 10.3. The summed E-state index contributed by atoms with van der Waals surface area (Å²) in [5.41, 5.74) is 1.17. The molecule has 0 amide bonds. The highest BCUT2D eigenvalue weighted by molar-refractivity contribution is 5.36. The normalized spacial score (nSPS) is 19.6. The van der Waals surface area contributed by atoms with Crippen molar-refractivity contribution in [2.75, 3.05) is 33.0 Å². The standard InChI is InChI=1S/C17H27NO3/c1-3-10-18-16(13-21-14-9-11-19-12-14)15-7-5-6-8-17(15)20-4-2/h5-8,14,16,18H,3-4,9-13H2,1-2H3. The van der Waals surface area contributed by atoms with Gasteiger partial charge in [0.25, 0.3) is 0 Å². The molecule has 1 saturated heterocycles. The van der Waals surface area contributed by atoms with Crippen molar-refractivity contribution in [3.63, 3.8) is 0 Å². The maximum Gasteiger partial charge on any atom is 0.124 e. The highest BCUT2D eigenvalue weighted by atomic mass is 16.5. The van der Waals surface area contributed by atoms with Crippen LogP contribution in [0.15, 0.2) is 24.3 Å². The second-order valence-electron chi connectivity index (χ2n) is 5.30. The molecule has 2 rings (SSSR count). The van der Waals surface area contributed by atoms with Crippen LogP contribution < -0.4 is 10.1 Å². The van der Waals surface area contributed by atoms with Crippen molar-refractivity contribution < 1.29 is 14.2 Å². The third-order valence-electron chi connectivity index (χ3n) is 3.62.